The molecule has 6 aromatic rings. The Hall–Kier alpha value is -4.49. The first-order chi connectivity index (χ1) is 17.9. The lowest BCUT2D eigenvalue weighted by atomic mass is 9.70. The predicted octanol–water partition coefficient (Wildman–Crippen LogP) is 8.15. The van der Waals surface area contributed by atoms with E-state index in [-0.39, 0.29) is 5.41 Å². The molecule has 0 aliphatic heterocycles. The van der Waals surface area contributed by atoms with Gasteiger partial charge in [0.05, 0.1) is 11.1 Å². The molecule has 3 aliphatic rings. The molecule has 0 saturated heterocycles. The van der Waals surface area contributed by atoms with Crippen LogP contribution in [0, 0.1) is 0 Å². The largest absolute Gasteiger partial charge is 0.256 e. The Kier molecular flexibility index (Phi) is 3.33. The number of hydrogen-bond acceptors (Lipinski definition) is 1. The molecule has 1 heterocycles. The number of rotatable bonds is 0. The van der Waals surface area contributed by atoms with Gasteiger partial charge in [0, 0.05) is 18.2 Å². The average molecular weight is 456 g/mol. The molecule has 0 amide bonds. The monoisotopic (exact) mass is 455 g/mol. The van der Waals surface area contributed by atoms with E-state index in [1.54, 1.807) is 0 Å². The number of fused-ring (bicyclic) bond motifs is 15. The van der Waals surface area contributed by atoms with Gasteiger partial charge in [-0.3, -0.25) is 4.98 Å². The number of nitrogens with zero attached hydrogens (tertiary/aromatic N) is 1. The van der Waals surface area contributed by atoms with E-state index < -0.39 is 0 Å². The van der Waals surface area contributed by atoms with E-state index in [9.17, 15) is 0 Å². The van der Waals surface area contributed by atoms with Gasteiger partial charge in [-0.2, -0.15) is 0 Å². The molecule has 1 heteroatoms. The fourth-order valence-electron chi connectivity index (χ4n) is 7.39. The maximum absolute atomic E-state index is 4.82. The summed E-state index contributed by atoms with van der Waals surface area (Å²) in [6.45, 7) is 0. The van der Waals surface area contributed by atoms with Crippen LogP contribution in [0.3, 0.4) is 0 Å². The molecule has 3 aliphatic carbocycles. The molecule has 9 rings (SSSR count). The molecule has 1 spiro atoms. The van der Waals surface area contributed by atoms with Gasteiger partial charge in [0.25, 0.3) is 0 Å². The summed E-state index contributed by atoms with van der Waals surface area (Å²) in [5, 5.41) is 2.63. The van der Waals surface area contributed by atoms with E-state index in [4.69, 9.17) is 4.98 Å². The Morgan fingerprint density at radius 1 is 0.528 bits per heavy atom. The van der Waals surface area contributed by atoms with Gasteiger partial charge in [-0.15, -0.1) is 0 Å². The highest BCUT2D eigenvalue weighted by molar-refractivity contribution is 6.06. The van der Waals surface area contributed by atoms with Crippen molar-refractivity contribution in [3.05, 3.63) is 149 Å². The summed E-state index contributed by atoms with van der Waals surface area (Å²) in [6, 6.07) is 40.9. The molecule has 1 nitrogen and oxygen atoms in total. The lowest BCUT2D eigenvalue weighted by Crippen LogP contribution is -2.26. The summed E-state index contributed by atoms with van der Waals surface area (Å²) < 4.78 is 0. The topological polar surface area (TPSA) is 12.9 Å². The summed E-state index contributed by atoms with van der Waals surface area (Å²) in [5.41, 5.74) is 15.9. The van der Waals surface area contributed by atoms with E-state index in [2.05, 4.69) is 109 Å². The average Bonchev–Trinajstić information content (AvgIpc) is 3.55. The first-order valence-corrected chi connectivity index (χ1v) is 12.7. The molecular formula is C35H21N. The van der Waals surface area contributed by atoms with Crippen LogP contribution >= 0.6 is 0 Å². The van der Waals surface area contributed by atoms with Crippen molar-refractivity contribution in [2.45, 2.75) is 11.8 Å². The molecule has 1 atom stereocenters. The normalized spacial score (nSPS) is 17.4. The Morgan fingerprint density at radius 3 is 2.22 bits per heavy atom. The molecule has 0 bridgehead atoms. The van der Waals surface area contributed by atoms with Gasteiger partial charge < -0.3 is 0 Å². The Balaban J connectivity index is 1.48. The summed E-state index contributed by atoms with van der Waals surface area (Å²) in [7, 11) is 0. The standard InChI is InChI=1S/C35H21N/c1-2-10-24-21(8-1)15-16-31-33(24)26-12-4-6-14-30(26)35(31)29-13-5-3-11-25(29)28-19-23-18-22-9-7-17-36-34(22)27(23)20-32(28)35/h1-17,19-20H,18H2. The lowest BCUT2D eigenvalue weighted by Gasteiger charge is -2.31. The van der Waals surface area contributed by atoms with Crippen LogP contribution in [-0.4, -0.2) is 4.98 Å². The molecule has 0 radical (unpaired) electrons. The van der Waals surface area contributed by atoms with Gasteiger partial charge in [-0.25, -0.2) is 0 Å². The molecule has 166 valence electrons. The van der Waals surface area contributed by atoms with Gasteiger partial charge >= 0.3 is 0 Å². The lowest BCUT2D eigenvalue weighted by molar-refractivity contribution is 0.794. The number of hydrogen-bond donors (Lipinski definition) is 0. The van der Waals surface area contributed by atoms with Crippen molar-refractivity contribution in [3.8, 4) is 33.5 Å². The minimum Gasteiger partial charge on any atom is -0.256 e. The van der Waals surface area contributed by atoms with Crippen molar-refractivity contribution < 1.29 is 0 Å². The third-order valence-corrected chi connectivity index (χ3v) is 8.73. The number of aromatic nitrogens is 1. The van der Waals surface area contributed by atoms with Crippen molar-refractivity contribution in [1.29, 1.82) is 0 Å². The first kappa shape index (κ1) is 18.8. The zero-order valence-corrected chi connectivity index (χ0v) is 19.6. The van der Waals surface area contributed by atoms with Crippen LogP contribution in [-0.2, 0) is 11.8 Å². The molecule has 1 aromatic heterocycles. The smallest absolute Gasteiger partial charge is 0.0740 e. The van der Waals surface area contributed by atoms with Crippen LogP contribution in [0.15, 0.2) is 115 Å². The molecule has 5 aromatic carbocycles. The van der Waals surface area contributed by atoms with E-state index >= 15 is 0 Å². The third kappa shape index (κ3) is 2.04. The highest BCUT2D eigenvalue weighted by Crippen LogP contribution is 2.64. The number of pyridine rings is 1. The summed E-state index contributed by atoms with van der Waals surface area (Å²) in [5.74, 6) is 0. The van der Waals surface area contributed by atoms with Gasteiger partial charge in [-0.05, 0) is 84.6 Å². The van der Waals surface area contributed by atoms with Gasteiger partial charge in [0.1, 0.15) is 0 Å². The van der Waals surface area contributed by atoms with Crippen molar-refractivity contribution in [3.63, 3.8) is 0 Å². The second-order valence-corrected chi connectivity index (χ2v) is 10.3. The van der Waals surface area contributed by atoms with Crippen LogP contribution in [0.5, 0.6) is 0 Å². The zero-order valence-electron chi connectivity index (χ0n) is 19.6. The summed E-state index contributed by atoms with van der Waals surface area (Å²) in [6.07, 6.45) is 2.89. The molecule has 36 heavy (non-hydrogen) atoms. The Bertz CT molecular complexity index is 1930. The maximum Gasteiger partial charge on any atom is 0.0740 e. The molecule has 1 unspecified atom stereocenters. The van der Waals surface area contributed by atoms with E-state index in [1.807, 2.05) is 6.20 Å². The van der Waals surface area contributed by atoms with Crippen LogP contribution in [0.4, 0.5) is 0 Å². The van der Waals surface area contributed by atoms with Crippen LogP contribution in [0.1, 0.15) is 33.4 Å². The van der Waals surface area contributed by atoms with Crippen LogP contribution in [0.25, 0.3) is 44.3 Å². The maximum atomic E-state index is 4.82. The quantitative estimate of drug-likeness (QED) is 0.225. The fraction of sp³-hybridized carbons (Fsp3) is 0.0571. The van der Waals surface area contributed by atoms with Gasteiger partial charge in [-0.1, -0.05) is 91.0 Å². The van der Waals surface area contributed by atoms with Crippen LogP contribution < -0.4 is 0 Å². The van der Waals surface area contributed by atoms with Crippen molar-refractivity contribution in [1.82, 2.24) is 4.98 Å². The Morgan fingerprint density at radius 2 is 1.31 bits per heavy atom. The molecule has 0 N–H and O–H groups in total. The molecular weight excluding hydrogens is 434 g/mol. The minimum atomic E-state index is -0.325. The summed E-state index contributed by atoms with van der Waals surface area (Å²) in [4.78, 5) is 4.82. The second kappa shape index (κ2) is 6.38. The van der Waals surface area contributed by atoms with Crippen LogP contribution in [0.2, 0.25) is 0 Å². The summed E-state index contributed by atoms with van der Waals surface area (Å²) >= 11 is 0. The zero-order chi connectivity index (χ0) is 23.4. The van der Waals surface area contributed by atoms with Gasteiger partial charge in [0.2, 0.25) is 0 Å². The van der Waals surface area contributed by atoms with Crippen molar-refractivity contribution in [2.75, 3.05) is 0 Å². The highest BCUT2D eigenvalue weighted by Gasteiger charge is 2.52. The minimum absolute atomic E-state index is 0.325. The Labute approximate surface area is 209 Å². The highest BCUT2D eigenvalue weighted by atomic mass is 14.7. The first-order valence-electron chi connectivity index (χ1n) is 12.7. The SMILES string of the molecule is c1cnc2c(c1)Cc1cc3c(cc1-2)C1(c2ccccc2-3)c2ccccc2-c2c1ccc1ccccc21. The fourth-order valence-corrected chi connectivity index (χ4v) is 7.39. The van der Waals surface area contributed by atoms with E-state index in [0.717, 1.165) is 12.1 Å². The van der Waals surface area contributed by atoms with E-state index in [1.165, 1.54) is 72.0 Å². The molecule has 0 fully saturated rings. The van der Waals surface area contributed by atoms with Gasteiger partial charge in [0.15, 0.2) is 0 Å². The third-order valence-electron chi connectivity index (χ3n) is 8.73. The molecule has 0 saturated carbocycles. The van der Waals surface area contributed by atoms with E-state index in [0.29, 0.717) is 0 Å². The van der Waals surface area contributed by atoms with Crippen molar-refractivity contribution in [2.24, 2.45) is 0 Å². The second-order valence-electron chi connectivity index (χ2n) is 10.3. The van der Waals surface area contributed by atoms with Crippen molar-refractivity contribution >= 4 is 10.8 Å². The predicted molar refractivity (Wildman–Crippen MR) is 146 cm³/mol. The number of benzene rings is 5.